The Morgan fingerprint density at radius 2 is 1.85 bits per heavy atom. The van der Waals surface area contributed by atoms with Gasteiger partial charge in [0.05, 0.1) is 24.4 Å². The number of alkyl halides is 2. The molecule has 0 atom stereocenters. The first-order valence-corrected chi connectivity index (χ1v) is 11.3. The van der Waals surface area contributed by atoms with Gasteiger partial charge in [-0.25, -0.2) is 13.5 Å². The Hall–Kier alpha value is -3.46. The number of hydrogen-bond donors (Lipinski definition) is 3. The lowest BCUT2D eigenvalue weighted by Gasteiger charge is -2.28. The van der Waals surface area contributed by atoms with Crippen LogP contribution in [0.4, 0.5) is 14.6 Å². The number of methoxy groups -OCH3 is 1. The number of nitrogens with zero attached hydrogens (tertiary/aromatic N) is 2. The van der Waals surface area contributed by atoms with Gasteiger partial charge in [-0.3, -0.25) is 4.79 Å². The van der Waals surface area contributed by atoms with Crippen molar-refractivity contribution in [2.45, 2.75) is 50.7 Å². The first-order chi connectivity index (χ1) is 16.3. The molecule has 1 heterocycles. The Kier molecular flexibility index (Phi) is 6.83. The number of anilines is 1. The van der Waals surface area contributed by atoms with Crippen molar-refractivity contribution in [1.82, 2.24) is 15.1 Å². The van der Waals surface area contributed by atoms with Crippen LogP contribution in [0.5, 0.6) is 5.75 Å². The van der Waals surface area contributed by atoms with Gasteiger partial charge in [0.25, 0.3) is 5.91 Å². The quantitative estimate of drug-likeness (QED) is 0.479. The number of benzene rings is 2. The molecule has 1 saturated carbocycles. The molecule has 4 rings (SSSR count). The van der Waals surface area contributed by atoms with Crippen LogP contribution < -0.4 is 21.5 Å². The van der Waals surface area contributed by atoms with Crippen molar-refractivity contribution < 1.29 is 18.3 Å². The van der Waals surface area contributed by atoms with E-state index in [0.29, 0.717) is 47.8 Å². The third-order valence-corrected chi connectivity index (χ3v) is 6.32. The molecule has 0 aliphatic heterocycles. The molecule has 7 nitrogen and oxygen atoms in total. The van der Waals surface area contributed by atoms with Crippen molar-refractivity contribution >= 4 is 11.7 Å². The standard InChI is InChI=1S/C25H29F2N5O2/c1-34-21-5-3-2-4-19(21)24(33)30-15-16-6-8-17(9-7-16)22-20(14-28)23(29)32(31-22)18-10-12-25(26,27)13-11-18/h2-9,18H,10-15,28-29H2,1H3,(H,30,33). The van der Waals surface area contributed by atoms with E-state index in [1.54, 1.807) is 22.9 Å². The predicted molar refractivity (Wildman–Crippen MR) is 127 cm³/mol. The minimum atomic E-state index is -2.62. The Balaban J connectivity index is 1.48. The van der Waals surface area contributed by atoms with Crippen LogP contribution in [-0.2, 0) is 13.1 Å². The fraction of sp³-hybridized carbons (Fsp3) is 0.360. The monoisotopic (exact) mass is 469 g/mol. The maximum atomic E-state index is 13.6. The largest absolute Gasteiger partial charge is 0.496 e. The van der Waals surface area contributed by atoms with Crippen LogP contribution in [0.3, 0.4) is 0 Å². The number of ether oxygens (including phenoxy) is 1. The molecule has 34 heavy (non-hydrogen) atoms. The van der Waals surface area contributed by atoms with Gasteiger partial charge in [0.1, 0.15) is 11.6 Å². The highest BCUT2D eigenvalue weighted by atomic mass is 19.3. The zero-order chi connectivity index (χ0) is 24.3. The van der Waals surface area contributed by atoms with Crippen LogP contribution in [0.1, 0.15) is 53.2 Å². The molecule has 1 aliphatic rings. The SMILES string of the molecule is COc1ccccc1C(=O)NCc1ccc(-c2nn(C3CCC(F)(F)CC3)c(N)c2CN)cc1. The number of aromatic nitrogens is 2. The smallest absolute Gasteiger partial charge is 0.255 e. The lowest BCUT2D eigenvalue weighted by Crippen LogP contribution is -2.27. The Morgan fingerprint density at radius 1 is 1.18 bits per heavy atom. The molecule has 1 amide bonds. The second kappa shape index (κ2) is 9.80. The van der Waals surface area contributed by atoms with E-state index in [-0.39, 0.29) is 31.3 Å². The van der Waals surface area contributed by atoms with E-state index < -0.39 is 5.92 Å². The summed E-state index contributed by atoms with van der Waals surface area (Å²) in [6.45, 7) is 0.536. The summed E-state index contributed by atoms with van der Waals surface area (Å²) in [6.07, 6.45) is 0.319. The number of carbonyl (C=O) groups is 1. The summed E-state index contributed by atoms with van der Waals surface area (Å²) in [5, 5.41) is 7.56. The van der Waals surface area contributed by atoms with Gasteiger partial charge in [-0.2, -0.15) is 5.10 Å². The molecular formula is C25H29F2N5O2. The molecule has 1 aromatic heterocycles. The van der Waals surface area contributed by atoms with Gasteiger partial charge in [0.2, 0.25) is 5.92 Å². The topological polar surface area (TPSA) is 108 Å². The van der Waals surface area contributed by atoms with Gasteiger partial charge < -0.3 is 21.5 Å². The summed E-state index contributed by atoms with van der Waals surface area (Å²) in [4.78, 5) is 12.5. The Morgan fingerprint density at radius 3 is 2.50 bits per heavy atom. The van der Waals surface area contributed by atoms with E-state index in [1.807, 2.05) is 30.3 Å². The lowest BCUT2D eigenvalue weighted by atomic mass is 9.92. The molecule has 9 heteroatoms. The van der Waals surface area contributed by atoms with E-state index in [1.165, 1.54) is 7.11 Å². The number of hydrogen-bond acceptors (Lipinski definition) is 5. The molecule has 5 N–H and O–H groups in total. The molecule has 1 fully saturated rings. The minimum Gasteiger partial charge on any atom is -0.496 e. The van der Waals surface area contributed by atoms with Crippen molar-refractivity contribution in [1.29, 1.82) is 0 Å². The van der Waals surface area contributed by atoms with E-state index in [9.17, 15) is 13.6 Å². The molecule has 0 radical (unpaired) electrons. The highest BCUT2D eigenvalue weighted by Crippen LogP contribution is 2.40. The van der Waals surface area contributed by atoms with Crippen LogP contribution in [0, 0.1) is 0 Å². The van der Waals surface area contributed by atoms with Crippen LogP contribution in [-0.4, -0.2) is 28.7 Å². The van der Waals surface area contributed by atoms with Gasteiger partial charge in [-0.1, -0.05) is 36.4 Å². The molecule has 180 valence electrons. The number of nitrogens with two attached hydrogens (primary N) is 2. The molecule has 2 aromatic carbocycles. The van der Waals surface area contributed by atoms with E-state index in [2.05, 4.69) is 10.4 Å². The summed E-state index contributed by atoms with van der Waals surface area (Å²) < 4.78 is 34.1. The zero-order valence-electron chi connectivity index (χ0n) is 19.1. The second-order valence-corrected chi connectivity index (χ2v) is 8.53. The molecular weight excluding hydrogens is 440 g/mol. The predicted octanol–water partition coefficient (Wildman–Crippen LogP) is 4.28. The zero-order valence-corrected chi connectivity index (χ0v) is 19.1. The Labute approximate surface area is 197 Å². The fourth-order valence-corrected chi connectivity index (χ4v) is 4.35. The van der Waals surface area contributed by atoms with Crippen molar-refractivity contribution in [2.75, 3.05) is 12.8 Å². The fourth-order valence-electron chi connectivity index (χ4n) is 4.35. The highest BCUT2D eigenvalue weighted by Gasteiger charge is 2.36. The average Bonchev–Trinajstić information content (AvgIpc) is 3.18. The van der Waals surface area contributed by atoms with E-state index >= 15 is 0 Å². The normalized spacial score (nSPS) is 15.8. The number of para-hydroxylation sites is 1. The third kappa shape index (κ3) is 4.89. The van der Waals surface area contributed by atoms with Gasteiger partial charge >= 0.3 is 0 Å². The summed E-state index contributed by atoms with van der Waals surface area (Å²) in [5.74, 6) is -1.90. The van der Waals surface area contributed by atoms with Crippen molar-refractivity contribution in [3.05, 3.63) is 65.2 Å². The first-order valence-electron chi connectivity index (χ1n) is 11.3. The first kappa shape index (κ1) is 23.7. The lowest BCUT2D eigenvalue weighted by molar-refractivity contribution is -0.0447. The average molecular weight is 470 g/mol. The maximum Gasteiger partial charge on any atom is 0.255 e. The number of halogens is 2. The highest BCUT2D eigenvalue weighted by molar-refractivity contribution is 5.96. The summed E-state index contributed by atoms with van der Waals surface area (Å²) in [5.41, 5.74) is 15.8. The minimum absolute atomic E-state index is 0.164. The Bertz CT molecular complexity index is 1150. The van der Waals surface area contributed by atoms with Crippen LogP contribution >= 0.6 is 0 Å². The molecule has 0 spiro atoms. The molecule has 3 aromatic rings. The number of nitrogen functional groups attached to an aromatic ring is 1. The van der Waals surface area contributed by atoms with Crippen molar-refractivity contribution in [2.24, 2.45) is 5.73 Å². The van der Waals surface area contributed by atoms with Gasteiger partial charge in [-0.05, 0) is 30.5 Å². The van der Waals surface area contributed by atoms with Crippen molar-refractivity contribution in [3.8, 4) is 17.0 Å². The van der Waals surface area contributed by atoms with E-state index in [4.69, 9.17) is 16.2 Å². The number of rotatable bonds is 7. The number of nitrogens with one attached hydrogen (secondary N) is 1. The maximum absolute atomic E-state index is 13.6. The van der Waals surface area contributed by atoms with Crippen LogP contribution in [0.2, 0.25) is 0 Å². The van der Waals surface area contributed by atoms with Gasteiger partial charge in [0, 0.05) is 37.1 Å². The summed E-state index contributed by atoms with van der Waals surface area (Å²) in [6, 6.07) is 14.5. The molecule has 0 bridgehead atoms. The second-order valence-electron chi connectivity index (χ2n) is 8.53. The number of amides is 1. The van der Waals surface area contributed by atoms with Gasteiger partial charge in [0.15, 0.2) is 0 Å². The van der Waals surface area contributed by atoms with Crippen molar-refractivity contribution in [3.63, 3.8) is 0 Å². The molecule has 0 saturated heterocycles. The summed E-state index contributed by atoms with van der Waals surface area (Å²) in [7, 11) is 1.53. The van der Waals surface area contributed by atoms with Gasteiger partial charge in [-0.15, -0.1) is 0 Å². The third-order valence-electron chi connectivity index (χ3n) is 6.32. The van der Waals surface area contributed by atoms with Crippen LogP contribution in [0.25, 0.3) is 11.3 Å². The molecule has 1 aliphatic carbocycles. The van der Waals surface area contributed by atoms with E-state index in [0.717, 1.165) is 11.1 Å². The van der Waals surface area contributed by atoms with Crippen LogP contribution in [0.15, 0.2) is 48.5 Å². The number of carbonyl (C=O) groups excluding carboxylic acids is 1. The summed E-state index contributed by atoms with van der Waals surface area (Å²) >= 11 is 0. The molecule has 0 unspecified atom stereocenters.